The van der Waals surface area contributed by atoms with E-state index in [4.69, 9.17) is 16.3 Å². The molecule has 3 rings (SSSR count). The second-order valence-corrected chi connectivity index (χ2v) is 6.80. The number of halogens is 1. The Morgan fingerprint density at radius 2 is 1.69 bits per heavy atom. The lowest BCUT2D eigenvalue weighted by Crippen LogP contribution is -2.48. The van der Waals surface area contributed by atoms with Gasteiger partial charge in [-0.25, -0.2) is 0 Å². The zero-order chi connectivity index (χ0) is 18.4. The molecule has 2 aromatic carbocycles. The smallest absolute Gasteiger partial charge is 0.238 e. The minimum absolute atomic E-state index is 0.0194. The fraction of sp³-hybridized carbons (Fsp3) is 0.350. The van der Waals surface area contributed by atoms with Gasteiger partial charge in [-0.2, -0.15) is 0 Å². The number of nitrogens with one attached hydrogen (secondary N) is 1. The van der Waals surface area contributed by atoms with Gasteiger partial charge in [0.15, 0.2) is 0 Å². The fourth-order valence-corrected chi connectivity index (χ4v) is 3.31. The average molecular weight is 374 g/mol. The molecular weight excluding hydrogens is 350 g/mol. The molecule has 2 aromatic rings. The Morgan fingerprint density at radius 3 is 2.42 bits per heavy atom. The van der Waals surface area contributed by atoms with Gasteiger partial charge in [-0.3, -0.25) is 14.6 Å². The van der Waals surface area contributed by atoms with E-state index in [0.717, 1.165) is 43.3 Å². The van der Waals surface area contributed by atoms with E-state index in [-0.39, 0.29) is 5.91 Å². The van der Waals surface area contributed by atoms with Gasteiger partial charge in [0.2, 0.25) is 5.91 Å². The molecular formula is C20H24ClN3O2. The number of rotatable bonds is 6. The molecule has 0 bridgehead atoms. The molecule has 0 aliphatic carbocycles. The SMILES string of the molecule is COc1ccccc1NC(=O)CN1CCN(Cc2ccccc2Cl)CC1. The molecule has 1 fully saturated rings. The van der Waals surface area contributed by atoms with E-state index < -0.39 is 0 Å². The molecule has 6 heteroatoms. The van der Waals surface area contributed by atoms with E-state index in [1.165, 1.54) is 0 Å². The number of nitrogens with zero attached hydrogens (tertiary/aromatic N) is 2. The number of carbonyl (C=O) groups excluding carboxylic acids is 1. The summed E-state index contributed by atoms with van der Waals surface area (Å²) in [6, 6.07) is 15.4. The lowest BCUT2D eigenvalue weighted by atomic mass is 10.2. The van der Waals surface area contributed by atoms with Crippen LogP contribution in [0, 0.1) is 0 Å². The van der Waals surface area contributed by atoms with E-state index >= 15 is 0 Å². The maximum absolute atomic E-state index is 12.3. The van der Waals surface area contributed by atoms with Crippen molar-refractivity contribution in [2.75, 3.05) is 45.2 Å². The summed E-state index contributed by atoms with van der Waals surface area (Å²) in [6.45, 7) is 4.81. The Bertz CT molecular complexity index is 745. The van der Waals surface area contributed by atoms with Gasteiger partial charge < -0.3 is 10.1 Å². The predicted molar refractivity (Wildman–Crippen MR) is 105 cm³/mol. The lowest BCUT2D eigenvalue weighted by molar-refractivity contribution is -0.117. The van der Waals surface area contributed by atoms with Crippen LogP contribution in [-0.4, -0.2) is 55.5 Å². The number of carbonyl (C=O) groups is 1. The predicted octanol–water partition coefficient (Wildman–Crippen LogP) is 3.10. The third-order valence-corrected chi connectivity index (χ3v) is 4.93. The number of anilines is 1. The molecule has 138 valence electrons. The molecule has 0 spiro atoms. The first kappa shape index (κ1) is 18.7. The minimum Gasteiger partial charge on any atom is -0.495 e. The summed E-state index contributed by atoms with van der Waals surface area (Å²) in [4.78, 5) is 16.9. The fourth-order valence-electron chi connectivity index (χ4n) is 3.11. The van der Waals surface area contributed by atoms with Crippen molar-refractivity contribution < 1.29 is 9.53 Å². The number of methoxy groups -OCH3 is 1. The molecule has 0 atom stereocenters. The first-order chi connectivity index (χ1) is 12.7. The highest BCUT2D eigenvalue weighted by atomic mass is 35.5. The number of hydrogen-bond acceptors (Lipinski definition) is 4. The molecule has 1 aliphatic heterocycles. The van der Waals surface area contributed by atoms with Crippen molar-refractivity contribution in [1.29, 1.82) is 0 Å². The molecule has 0 radical (unpaired) electrons. The summed E-state index contributed by atoms with van der Waals surface area (Å²) in [5, 5.41) is 3.74. The van der Waals surface area contributed by atoms with Crippen molar-refractivity contribution in [2.45, 2.75) is 6.54 Å². The monoisotopic (exact) mass is 373 g/mol. The molecule has 0 aromatic heterocycles. The Labute approximate surface area is 159 Å². The lowest BCUT2D eigenvalue weighted by Gasteiger charge is -2.34. The Kier molecular flexibility index (Phi) is 6.50. The van der Waals surface area contributed by atoms with Crippen molar-refractivity contribution in [1.82, 2.24) is 9.80 Å². The third kappa shape index (κ3) is 4.97. The second kappa shape index (κ2) is 9.03. The van der Waals surface area contributed by atoms with Crippen molar-refractivity contribution in [3.8, 4) is 5.75 Å². The number of para-hydroxylation sites is 2. The van der Waals surface area contributed by atoms with Gasteiger partial charge in [0.05, 0.1) is 19.3 Å². The van der Waals surface area contributed by atoms with E-state index in [2.05, 4.69) is 21.2 Å². The second-order valence-electron chi connectivity index (χ2n) is 6.39. The molecule has 1 aliphatic rings. The van der Waals surface area contributed by atoms with Crippen LogP contribution in [0.25, 0.3) is 0 Å². The van der Waals surface area contributed by atoms with Crippen LogP contribution in [0.1, 0.15) is 5.56 Å². The van der Waals surface area contributed by atoms with Gasteiger partial charge >= 0.3 is 0 Å². The number of hydrogen-bond donors (Lipinski definition) is 1. The van der Waals surface area contributed by atoms with Gasteiger partial charge in [-0.05, 0) is 23.8 Å². The van der Waals surface area contributed by atoms with Gasteiger partial charge in [-0.1, -0.05) is 41.9 Å². The highest BCUT2D eigenvalue weighted by Gasteiger charge is 2.20. The van der Waals surface area contributed by atoms with Crippen LogP contribution in [0.5, 0.6) is 5.75 Å². The standard InChI is InChI=1S/C20H24ClN3O2/c1-26-19-9-5-4-8-18(19)22-20(25)15-24-12-10-23(11-13-24)14-16-6-2-3-7-17(16)21/h2-9H,10-15H2,1H3,(H,22,25). The molecule has 0 saturated carbocycles. The van der Waals surface area contributed by atoms with Crippen molar-refractivity contribution >= 4 is 23.2 Å². The van der Waals surface area contributed by atoms with Crippen molar-refractivity contribution in [2.24, 2.45) is 0 Å². The Balaban J connectivity index is 1.46. The van der Waals surface area contributed by atoms with Crippen molar-refractivity contribution in [3.63, 3.8) is 0 Å². The molecule has 1 heterocycles. The first-order valence-electron chi connectivity index (χ1n) is 8.76. The van der Waals surface area contributed by atoms with E-state index in [0.29, 0.717) is 18.0 Å². The molecule has 0 unspecified atom stereocenters. The van der Waals surface area contributed by atoms with Crippen LogP contribution in [0.15, 0.2) is 48.5 Å². The Morgan fingerprint density at radius 1 is 1.04 bits per heavy atom. The summed E-state index contributed by atoms with van der Waals surface area (Å²) in [5.41, 5.74) is 1.86. The maximum atomic E-state index is 12.3. The van der Waals surface area contributed by atoms with Gasteiger partial charge in [0, 0.05) is 37.7 Å². The van der Waals surface area contributed by atoms with Crippen molar-refractivity contribution in [3.05, 3.63) is 59.1 Å². The van der Waals surface area contributed by atoms with Gasteiger partial charge in [-0.15, -0.1) is 0 Å². The van der Waals surface area contributed by atoms with E-state index in [9.17, 15) is 4.79 Å². The van der Waals surface area contributed by atoms with Crippen LogP contribution in [0.4, 0.5) is 5.69 Å². The molecule has 1 saturated heterocycles. The maximum Gasteiger partial charge on any atom is 0.238 e. The summed E-state index contributed by atoms with van der Waals surface area (Å²) in [5.74, 6) is 0.652. The molecule has 1 amide bonds. The quantitative estimate of drug-likeness (QED) is 0.845. The molecule has 1 N–H and O–H groups in total. The highest BCUT2D eigenvalue weighted by Crippen LogP contribution is 2.23. The zero-order valence-corrected chi connectivity index (χ0v) is 15.7. The summed E-state index contributed by atoms with van der Waals surface area (Å²) in [7, 11) is 1.60. The van der Waals surface area contributed by atoms with Crippen LogP contribution in [-0.2, 0) is 11.3 Å². The average Bonchev–Trinajstić information content (AvgIpc) is 2.65. The molecule has 26 heavy (non-hydrogen) atoms. The Hall–Kier alpha value is -2.08. The third-order valence-electron chi connectivity index (χ3n) is 4.56. The van der Waals surface area contributed by atoms with Gasteiger partial charge in [0.25, 0.3) is 0 Å². The van der Waals surface area contributed by atoms with Crippen LogP contribution >= 0.6 is 11.6 Å². The van der Waals surface area contributed by atoms with E-state index in [1.54, 1.807) is 7.11 Å². The summed E-state index contributed by atoms with van der Waals surface area (Å²) >= 11 is 6.24. The largest absolute Gasteiger partial charge is 0.495 e. The topological polar surface area (TPSA) is 44.8 Å². The number of ether oxygens (including phenoxy) is 1. The van der Waals surface area contributed by atoms with Crippen LogP contribution < -0.4 is 10.1 Å². The first-order valence-corrected chi connectivity index (χ1v) is 9.14. The zero-order valence-electron chi connectivity index (χ0n) is 15.0. The number of benzene rings is 2. The normalized spacial score (nSPS) is 15.6. The minimum atomic E-state index is -0.0194. The number of amides is 1. The highest BCUT2D eigenvalue weighted by molar-refractivity contribution is 6.31. The number of piperazine rings is 1. The summed E-state index contributed by atoms with van der Waals surface area (Å²) in [6.07, 6.45) is 0. The van der Waals surface area contributed by atoms with Crippen LogP contribution in [0.2, 0.25) is 5.02 Å². The summed E-state index contributed by atoms with van der Waals surface area (Å²) < 4.78 is 5.27. The van der Waals surface area contributed by atoms with Gasteiger partial charge in [0.1, 0.15) is 5.75 Å². The molecule has 5 nitrogen and oxygen atoms in total. The van der Waals surface area contributed by atoms with Crippen LogP contribution in [0.3, 0.4) is 0 Å². The van der Waals surface area contributed by atoms with E-state index in [1.807, 2.05) is 42.5 Å².